The molecule has 2 aromatic rings. The van der Waals surface area contributed by atoms with E-state index >= 15 is 0 Å². The third-order valence-corrected chi connectivity index (χ3v) is 3.14. The molecular formula is C14H17ClN4O2. The average Bonchev–Trinajstić information content (AvgIpc) is 2.83. The SMILES string of the molecule is CC(=O)NCC(=O)NCCCc1nc2ccc(Cl)cc2[nH]1. The van der Waals surface area contributed by atoms with Crippen molar-refractivity contribution < 1.29 is 9.59 Å². The summed E-state index contributed by atoms with van der Waals surface area (Å²) in [5, 5.41) is 5.85. The number of H-pyrrole nitrogens is 1. The normalized spacial score (nSPS) is 10.6. The van der Waals surface area contributed by atoms with Crippen molar-refractivity contribution in [1.29, 1.82) is 0 Å². The maximum atomic E-state index is 11.4. The largest absolute Gasteiger partial charge is 0.355 e. The number of nitrogens with zero attached hydrogens (tertiary/aromatic N) is 1. The second-order valence-corrected chi connectivity index (χ2v) is 5.14. The van der Waals surface area contributed by atoms with Crippen molar-refractivity contribution in [2.75, 3.05) is 13.1 Å². The van der Waals surface area contributed by atoms with E-state index in [4.69, 9.17) is 11.6 Å². The molecule has 6 nitrogen and oxygen atoms in total. The molecule has 0 spiro atoms. The molecule has 1 aromatic carbocycles. The molecule has 0 atom stereocenters. The molecule has 0 aliphatic carbocycles. The van der Waals surface area contributed by atoms with Crippen LogP contribution in [0.3, 0.4) is 0 Å². The van der Waals surface area contributed by atoms with Gasteiger partial charge in [-0.15, -0.1) is 0 Å². The number of carbonyl (C=O) groups excluding carboxylic acids is 2. The standard InChI is InChI=1S/C14H17ClN4O2/c1-9(20)17-8-14(21)16-6-2-3-13-18-11-5-4-10(15)7-12(11)19-13/h4-5,7H,2-3,6,8H2,1H3,(H,16,21)(H,17,20)(H,18,19). The molecular weight excluding hydrogens is 292 g/mol. The first-order valence-electron chi connectivity index (χ1n) is 6.70. The van der Waals surface area contributed by atoms with Crippen molar-refractivity contribution in [1.82, 2.24) is 20.6 Å². The molecule has 7 heteroatoms. The first kappa shape index (κ1) is 15.3. The van der Waals surface area contributed by atoms with E-state index in [-0.39, 0.29) is 18.4 Å². The Labute approximate surface area is 127 Å². The fourth-order valence-corrected chi connectivity index (χ4v) is 2.08. The fourth-order valence-electron chi connectivity index (χ4n) is 1.90. The molecule has 0 aliphatic rings. The molecule has 0 saturated carbocycles. The number of benzene rings is 1. The van der Waals surface area contributed by atoms with E-state index in [2.05, 4.69) is 20.6 Å². The van der Waals surface area contributed by atoms with Crippen LogP contribution >= 0.6 is 11.6 Å². The van der Waals surface area contributed by atoms with Gasteiger partial charge in [0, 0.05) is 24.9 Å². The van der Waals surface area contributed by atoms with Gasteiger partial charge in [-0.25, -0.2) is 4.98 Å². The van der Waals surface area contributed by atoms with Gasteiger partial charge < -0.3 is 15.6 Å². The van der Waals surface area contributed by atoms with Crippen LogP contribution in [0.1, 0.15) is 19.2 Å². The van der Waals surface area contributed by atoms with Gasteiger partial charge in [-0.1, -0.05) is 11.6 Å². The van der Waals surface area contributed by atoms with Gasteiger partial charge >= 0.3 is 0 Å². The van der Waals surface area contributed by atoms with E-state index in [1.807, 2.05) is 12.1 Å². The number of imidazole rings is 1. The highest BCUT2D eigenvalue weighted by molar-refractivity contribution is 6.31. The predicted octanol–water partition coefficient (Wildman–Crippen LogP) is 1.40. The van der Waals surface area contributed by atoms with E-state index in [0.717, 1.165) is 29.7 Å². The first-order chi connectivity index (χ1) is 10.0. The Morgan fingerprint density at radius 1 is 1.33 bits per heavy atom. The molecule has 0 saturated heterocycles. The Hall–Kier alpha value is -2.08. The monoisotopic (exact) mass is 308 g/mol. The lowest BCUT2D eigenvalue weighted by molar-refractivity contribution is -0.125. The highest BCUT2D eigenvalue weighted by atomic mass is 35.5. The van der Waals surface area contributed by atoms with Crippen LogP contribution in [0.5, 0.6) is 0 Å². The second kappa shape index (κ2) is 7.08. The Balaban J connectivity index is 1.75. The molecule has 0 unspecified atom stereocenters. The van der Waals surface area contributed by atoms with Gasteiger partial charge in [-0.3, -0.25) is 9.59 Å². The molecule has 0 aliphatic heterocycles. The lowest BCUT2D eigenvalue weighted by Crippen LogP contribution is -2.36. The summed E-state index contributed by atoms with van der Waals surface area (Å²) in [6.07, 6.45) is 1.49. The minimum absolute atomic E-state index is 0.0124. The number of halogens is 1. The van der Waals surface area contributed by atoms with Gasteiger partial charge in [0.25, 0.3) is 0 Å². The summed E-state index contributed by atoms with van der Waals surface area (Å²) in [5.41, 5.74) is 1.79. The minimum atomic E-state index is -0.217. The Morgan fingerprint density at radius 3 is 2.90 bits per heavy atom. The maximum absolute atomic E-state index is 11.4. The minimum Gasteiger partial charge on any atom is -0.355 e. The van der Waals surface area contributed by atoms with Gasteiger partial charge in [0.15, 0.2) is 0 Å². The molecule has 1 aromatic heterocycles. The van der Waals surface area contributed by atoms with Crippen LogP contribution in [-0.2, 0) is 16.0 Å². The van der Waals surface area contributed by atoms with E-state index < -0.39 is 0 Å². The van der Waals surface area contributed by atoms with Crippen molar-refractivity contribution in [3.8, 4) is 0 Å². The zero-order chi connectivity index (χ0) is 15.2. The van der Waals surface area contributed by atoms with Crippen molar-refractivity contribution >= 4 is 34.4 Å². The quantitative estimate of drug-likeness (QED) is 0.705. The van der Waals surface area contributed by atoms with Crippen LogP contribution in [0.25, 0.3) is 11.0 Å². The van der Waals surface area contributed by atoms with Gasteiger partial charge in [0.05, 0.1) is 17.6 Å². The van der Waals surface area contributed by atoms with Gasteiger partial charge in [0.2, 0.25) is 11.8 Å². The number of aromatic nitrogens is 2. The van der Waals surface area contributed by atoms with Crippen LogP contribution in [0.2, 0.25) is 5.02 Å². The number of fused-ring (bicyclic) bond motifs is 1. The summed E-state index contributed by atoms with van der Waals surface area (Å²) < 4.78 is 0. The molecule has 0 fully saturated rings. The van der Waals surface area contributed by atoms with Crippen LogP contribution in [0.15, 0.2) is 18.2 Å². The molecule has 21 heavy (non-hydrogen) atoms. The van der Waals surface area contributed by atoms with E-state index in [9.17, 15) is 9.59 Å². The fraction of sp³-hybridized carbons (Fsp3) is 0.357. The number of hydrogen-bond acceptors (Lipinski definition) is 3. The van der Waals surface area contributed by atoms with Crippen molar-refractivity contribution in [2.45, 2.75) is 19.8 Å². The highest BCUT2D eigenvalue weighted by Gasteiger charge is 2.04. The summed E-state index contributed by atoms with van der Waals surface area (Å²) in [4.78, 5) is 29.7. The van der Waals surface area contributed by atoms with E-state index in [1.54, 1.807) is 6.07 Å². The maximum Gasteiger partial charge on any atom is 0.239 e. The second-order valence-electron chi connectivity index (χ2n) is 4.71. The van der Waals surface area contributed by atoms with Gasteiger partial charge in [-0.2, -0.15) is 0 Å². The lowest BCUT2D eigenvalue weighted by Gasteiger charge is -2.04. The van der Waals surface area contributed by atoms with Crippen LogP contribution in [-0.4, -0.2) is 34.9 Å². The molecule has 2 rings (SSSR count). The topological polar surface area (TPSA) is 86.9 Å². The summed E-state index contributed by atoms with van der Waals surface area (Å²) >= 11 is 5.92. The van der Waals surface area contributed by atoms with Crippen molar-refractivity contribution in [2.24, 2.45) is 0 Å². The zero-order valence-corrected chi connectivity index (χ0v) is 12.5. The molecule has 0 bridgehead atoms. The third-order valence-electron chi connectivity index (χ3n) is 2.90. The summed E-state index contributed by atoms with van der Waals surface area (Å²) in [6.45, 7) is 1.93. The molecule has 0 radical (unpaired) electrons. The Morgan fingerprint density at radius 2 is 2.14 bits per heavy atom. The molecule has 2 amide bonds. The smallest absolute Gasteiger partial charge is 0.239 e. The number of aromatic amines is 1. The Kier molecular flexibility index (Phi) is 5.16. The molecule has 112 valence electrons. The number of rotatable bonds is 6. The lowest BCUT2D eigenvalue weighted by atomic mass is 10.3. The van der Waals surface area contributed by atoms with Crippen LogP contribution in [0, 0.1) is 0 Å². The molecule has 1 heterocycles. The van der Waals surface area contributed by atoms with Crippen molar-refractivity contribution in [3.63, 3.8) is 0 Å². The highest BCUT2D eigenvalue weighted by Crippen LogP contribution is 2.17. The van der Waals surface area contributed by atoms with E-state index in [1.165, 1.54) is 6.92 Å². The zero-order valence-electron chi connectivity index (χ0n) is 11.7. The summed E-state index contributed by atoms with van der Waals surface area (Å²) in [6, 6.07) is 5.51. The third kappa shape index (κ3) is 4.75. The number of hydrogen-bond donors (Lipinski definition) is 3. The average molecular weight is 309 g/mol. The number of amides is 2. The number of nitrogens with one attached hydrogen (secondary N) is 3. The number of carbonyl (C=O) groups is 2. The van der Waals surface area contributed by atoms with Gasteiger partial charge in [0.1, 0.15) is 5.82 Å². The first-order valence-corrected chi connectivity index (χ1v) is 7.07. The number of aryl methyl sites for hydroxylation is 1. The summed E-state index contributed by atoms with van der Waals surface area (Å²) in [7, 11) is 0. The summed E-state index contributed by atoms with van der Waals surface area (Å²) in [5.74, 6) is 0.455. The van der Waals surface area contributed by atoms with Crippen molar-refractivity contribution in [3.05, 3.63) is 29.0 Å². The molecule has 3 N–H and O–H groups in total. The predicted molar refractivity (Wildman–Crippen MR) is 81.1 cm³/mol. The van der Waals surface area contributed by atoms with E-state index in [0.29, 0.717) is 11.6 Å². The Bertz CT molecular complexity index is 653. The van der Waals surface area contributed by atoms with Crippen LogP contribution < -0.4 is 10.6 Å². The van der Waals surface area contributed by atoms with Crippen LogP contribution in [0.4, 0.5) is 0 Å². The van der Waals surface area contributed by atoms with Gasteiger partial charge in [-0.05, 0) is 24.6 Å².